The maximum atomic E-state index is 15.9. The van der Waals surface area contributed by atoms with Crippen molar-refractivity contribution in [1.82, 2.24) is 19.5 Å². The summed E-state index contributed by atoms with van der Waals surface area (Å²) in [6.07, 6.45) is -2.67. The van der Waals surface area contributed by atoms with Crippen molar-refractivity contribution in [2.75, 3.05) is 13.2 Å². The van der Waals surface area contributed by atoms with Gasteiger partial charge in [0.05, 0.1) is 19.0 Å². The summed E-state index contributed by atoms with van der Waals surface area (Å²) < 4.78 is 71.5. The first-order chi connectivity index (χ1) is 14.0. The Labute approximate surface area is 171 Å². The van der Waals surface area contributed by atoms with Crippen molar-refractivity contribution in [3.8, 4) is 5.88 Å². The van der Waals surface area contributed by atoms with Crippen LogP contribution in [0, 0.1) is 6.92 Å². The fourth-order valence-electron chi connectivity index (χ4n) is 3.58. The van der Waals surface area contributed by atoms with E-state index < -0.39 is 44.4 Å². The Bertz CT molecular complexity index is 1020. The molecule has 166 valence electrons. The Kier molecular flexibility index (Phi) is 5.14. The zero-order valence-corrected chi connectivity index (χ0v) is 18.1. The molecule has 4 heterocycles. The minimum atomic E-state index is -4.17. The third kappa shape index (κ3) is 3.40. The Morgan fingerprint density at radius 2 is 2.13 bits per heavy atom. The first kappa shape index (κ1) is 21.5. The topological polar surface area (TPSA) is 107 Å². The molecule has 0 amide bonds. The van der Waals surface area contributed by atoms with Gasteiger partial charge in [0, 0.05) is 0 Å². The van der Waals surface area contributed by atoms with Gasteiger partial charge in [0.25, 0.3) is 5.85 Å². The van der Waals surface area contributed by atoms with Crippen molar-refractivity contribution in [2.24, 2.45) is 0 Å². The fraction of sp³-hybridized carbons (Fsp3) is 0.706. The molecular formula is C17H23F2N4O6P. The van der Waals surface area contributed by atoms with Crippen LogP contribution in [-0.4, -0.2) is 56.5 Å². The van der Waals surface area contributed by atoms with Gasteiger partial charge >= 0.3 is 7.82 Å². The van der Waals surface area contributed by atoms with Crippen LogP contribution in [0.15, 0.2) is 6.33 Å². The van der Waals surface area contributed by atoms with Gasteiger partial charge in [-0.3, -0.25) is 18.1 Å². The van der Waals surface area contributed by atoms with E-state index in [0.29, 0.717) is 12.4 Å². The molecule has 0 radical (unpaired) electrons. The lowest BCUT2D eigenvalue weighted by Crippen LogP contribution is -2.51. The Balaban J connectivity index is 1.74. The van der Waals surface area contributed by atoms with Crippen LogP contribution in [0.3, 0.4) is 0 Å². The second-order valence-electron chi connectivity index (χ2n) is 7.60. The first-order valence-corrected chi connectivity index (χ1v) is 11.0. The highest BCUT2D eigenvalue weighted by molar-refractivity contribution is 7.48. The maximum absolute atomic E-state index is 15.9. The molecule has 4 rings (SSSR count). The molecule has 5 atom stereocenters. The van der Waals surface area contributed by atoms with Crippen LogP contribution in [-0.2, 0) is 22.9 Å². The predicted octanol–water partition coefficient (Wildman–Crippen LogP) is 3.40. The van der Waals surface area contributed by atoms with E-state index in [1.165, 1.54) is 10.9 Å². The number of hydrogen-bond acceptors (Lipinski definition) is 9. The molecule has 0 aliphatic carbocycles. The smallest absolute Gasteiger partial charge is 0.475 e. The second-order valence-corrected chi connectivity index (χ2v) is 9.18. The molecule has 2 fully saturated rings. The highest BCUT2D eigenvalue weighted by Crippen LogP contribution is 2.63. The van der Waals surface area contributed by atoms with Crippen LogP contribution < -0.4 is 4.74 Å². The predicted molar refractivity (Wildman–Crippen MR) is 99.4 cm³/mol. The number of aryl methyl sites for hydroxylation is 1. The second kappa shape index (κ2) is 7.16. The molecule has 0 saturated carbocycles. The number of imidazole rings is 1. The van der Waals surface area contributed by atoms with E-state index in [0.717, 1.165) is 6.92 Å². The van der Waals surface area contributed by atoms with E-state index in [1.54, 1.807) is 27.7 Å². The third-order valence-electron chi connectivity index (χ3n) is 4.72. The van der Waals surface area contributed by atoms with Gasteiger partial charge in [-0.2, -0.15) is 4.98 Å². The fourth-order valence-corrected chi connectivity index (χ4v) is 5.22. The van der Waals surface area contributed by atoms with E-state index in [-0.39, 0.29) is 17.0 Å². The summed E-state index contributed by atoms with van der Waals surface area (Å²) in [5.74, 6) is -2.11. The van der Waals surface area contributed by atoms with Gasteiger partial charge in [0.2, 0.25) is 5.88 Å². The molecule has 2 unspecified atom stereocenters. The summed E-state index contributed by atoms with van der Waals surface area (Å²) in [5.41, 5.74) is -1.99. The van der Waals surface area contributed by atoms with E-state index in [1.807, 2.05) is 0 Å². The van der Waals surface area contributed by atoms with E-state index in [9.17, 15) is 4.57 Å². The van der Waals surface area contributed by atoms with Gasteiger partial charge in [-0.25, -0.2) is 23.3 Å². The molecule has 2 saturated heterocycles. The summed E-state index contributed by atoms with van der Waals surface area (Å²) >= 11 is 0. The van der Waals surface area contributed by atoms with Crippen molar-refractivity contribution in [2.45, 2.75) is 64.6 Å². The normalized spacial score (nSPS) is 36.4. The van der Waals surface area contributed by atoms with Gasteiger partial charge in [-0.05, 0) is 34.6 Å². The highest BCUT2D eigenvalue weighted by Gasteiger charge is 2.70. The molecule has 2 aliphatic heterocycles. The number of fused-ring (bicyclic) bond motifs is 2. The molecule has 30 heavy (non-hydrogen) atoms. The highest BCUT2D eigenvalue weighted by atomic mass is 31.2. The summed E-state index contributed by atoms with van der Waals surface area (Å²) in [6.45, 7) is 7.23. The third-order valence-corrected chi connectivity index (χ3v) is 6.32. The van der Waals surface area contributed by atoms with Crippen LogP contribution in [0.25, 0.3) is 11.2 Å². The van der Waals surface area contributed by atoms with Gasteiger partial charge < -0.3 is 9.47 Å². The SMILES string of the molecule is CCOc1nc(C)nc2c1ncn2[C@@H]1O[C@]2(F)COP(=O)(OC(C)C)OC2[C@@]1(C)F. The molecule has 10 nitrogen and oxygen atoms in total. The molecule has 0 N–H and O–H groups in total. The lowest BCUT2D eigenvalue weighted by molar-refractivity contribution is -0.220. The first-order valence-electron chi connectivity index (χ1n) is 9.50. The lowest BCUT2D eigenvalue weighted by atomic mass is 9.97. The van der Waals surface area contributed by atoms with Gasteiger partial charge in [-0.15, -0.1) is 0 Å². The monoisotopic (exact) mass is 448 g/mol. The zero-order chi connectivity index (χ0) is 21.9. The molecular weight excluding hydrogens is 425 g/mol. The van der Waals surface area contributed by atoms with Crippen molar-refractivity contribution in [3.05, 3.63) is 12.2 Å². The number of phosphoric ester groups is 1. The number of alkyl halides is 2. The maximum Gasteiger partial charge on any atom is 0.475 e. The van der Waals surface area contributed by atoms with Crippen molar-refractivity contribution in [3.63, 3.8) is 0 Å². The number of phosphoric acid groups is 1. The summed E-state index contributed by atoms with van der Waals surface area (Å²) in [7, 11) is -4.17. The molecule has 0 aromatic carbocycles. The van der Waals surface area contributed by atoms with E-state index in [2.05, 4.69) is 15.0 Å². The van der Waals surface area contributed by atoms with Crippen LogP contribution in [0.4, 0.5) is 8.78 Å². The summed E-state index contributed by atoms with van der Waals surface area (Å²) in [6, 6.07) is 0. The molecule has 2 aromatic rings. The largest absolute Gasteiger partial charge is 0.476 e. The number of rotatable bonds is 5. The van der Waals surface area contributed by atoms with Gasteiger partial charge in [-0.1, -0.05) is 0 Å². The van der Waals surface area contributed by atoms with Gasteiger partial charge in [0.1, 0.15) is 12.4 Å². The quantitative estimate of drug-likeness (QED) is 0.636. The Morgan fingerprint density at radius 1 is 1.40 bits per heavy atom. The lowest BCUT2D eigenvalue weighted by Gasteiger charge is -2.36. The number of hydrogen-bond donors (Lipinski definition) is 0. The van der Waals surface area contributed by atoms with Crippen LogP contribution in [0.1, 0.15) is 39.7 Å². The van der Waals surface area contributed by atoms with Crippen molar-refractivity contribution >= 4 is 19.0 Å². The molecule has 2 aliphatic rings. The summed E-state index contributed by atoms with van der Waals surface area (Å²) in [4.78, 5) is 12.7. The van der Waals surface area contributed by atoms with E-state index in [4.69, 9.17) is 23.0 Å². The molecule has 13 heteroatoms. The molecule has 0 spiro atoms. The number of nitrogens with zero attached hydrogens (tertiary/aromatic N) is 4. The number of ether oxygens (including phenoxy) is 2. The average molecular weight is 448 g/mol. The van der Waals surface area contributed by atoms with Crippen molar-refractivity contribution in [1.29, 1.82) is 0 Å². The minimum absolute atomic E-state index is 0.199. The van der Waals surface area contributed by atoms with Crippen molar-refractivity contribution < 1.29 is 36.4 Å². The van der Waals surface area contributed by atoms with Gasteiger partial charge in [0.15, 0.2) is 29.2 Å². The molecule has 2 aromatic heterocycles. The number of halogens is 2. The Morgan fingerprint density at radius 3 is 2.80 bits per heavy atom. The average Bonchev–Trinajstić information content (AvgIpc) is 3.13. The van der Waals surface area contributed by atoms with Crippen LogP contribution in [0.2, 0.25) is 0 Å². The minimum Gasteiger partial charge on any atom is -0.476 e. The van der Waals surface area contributed by atoms with E-state index >= 15 is 8.78 Å². The number of aromatic nitrogens is 4. The zero-order valence-electron chi connectivity index (χ0n) is 17.2. The standard InChI is InChI=1S/C17H23F2N4O6P/c1-6-25-13-11-12(21-10(4)22-13)23(8-20-11)15-16(5,18)14-17(19,27-15)7-26-30(24,29-14)28-9(2)3/h8-9,14-15H,6-7H2,1-5H3/t14?,15-,16-,17-,30?/m1/s1. The van der Waals surface area contributed by atoms with Crippen LogP contribution in [0.5, 0.6) is 5.88 Å². The van der Waals surface area contributed by atoms with Crippen LogP contribution >= 0.6 is 7.82 Å². The Hall–Kier alpha value is -1.72. The molecule has 0 bridgehead atoms. The summed E-state index contributed by atoms with van der Waals surface area (Å²) in [5, 5.41) is 0.